The number of anilines is 2. The Balaban J connectivity index is 1.43. The zero-order valence-corrected chi connectivity index (χ0v) is 22.4. The molecule has 1 fully saturated rings. The summed E-state index contributed by atoms with van der Waals surface area (Å²) in [6, 6.07) is 1.96. The van der Waals surface area contributed by atoms with Crippen LogP contribution < -0.4 is 21.1 Å². The second kappa shape index (κ2) is 11.7. The lowest BCUT2D eigenvalue weighted by molar-refractivity contribution is -0.134. The third-order valence-electron chi connectivity index (χ3n) is 7.09. The van der Waals surface area contributed by atoms with Gasteiger partial charge in [-0.05, 0) is 30.4 Å². The Labute approximate surface area is 218 Å². The number of carbonyl (C=O) groups excluding carboxylic acids is 1. The lowest BCUT2D eigenvalue weighted by Gasteiger charge is -2.37. The number of aryl methyl sites for hydroxylation is 1. The molecule has 0 spiro atoms. The SMILES string of the molecule is CCCCOc1nc(N)c2ncc(Cc3cnc(N4CCN(C(=O)C(N)C(C)CC)CC4)c(C)c3)n2n1. The molecule has 11 heteroatoms. The molecule has 37 heavy (non-hydrogen) atoms. The van der Waals surface area contributed by atoms with E-state index in [9.17, 15) is 4.79 Å². The van der Waals surface area contributed by atoms with Crippen LogP contribution in [0.1, 0.15) is 56.9 Å². The molecule has 3 aromatic rings. The van der Waals surface area contributed by atoms with Crippen LogP contribution >= 0.6 is 0 Å². The molecule has 0 saturated carbocycles. The molecule has 11 nitrogen and oxygen atoms in total. The van der Waals surface area contributed by atoms with E-state index in [0.29, 0.717) is 37.6 Å². The molecular formula is C26H39N9O2. The number of piperazine rings is 1. The highest BCUT2D eigenvalue weighted by Crippen LogP contribution is 2.23. The highest BCUT2D eigenvalue weighted by molar-refractivity contribution is 5.82. The first-order chi connectivity index (χ1) is 17.8. The number of aromatic nitrogens is 5. The monoisotopic (exact) mass is 509 g/mol. The Morgan fingerprint density at radius 1 is 1.16 bits per heavy atom. The largest absolute Gasteiger partial charge is 0.462 e. The number of unbranched alkanes of at least 4 members (excludes halogenated alkanes) is 1. The number of amides is 1. The van der Waals surface area contributed by atoms with E-state index in [4.69, 9.17) is 21.2 Å². The molecule has 4 rings (SSSR count). The van der Waals surface area contributed by atoms with Gasteiger partial charge in [-0.25, -0.2) is 14.5 Å². The Bertz CT molecular complexity index is 1220. The van der Waals surface area contributed by atoms with E-state index < -0.39 is 6.04 Å². The standard InChI is InChI=1S/C26H39N9O2/c1-5-7-12-37-26-31-22(28)24-30-16-20(35(24)32-26)14-19-13-18(4)23(29-15-19)33-8-10-34(11-9-33)25(36)21(27)17(3)6-2/h13,15-17,21H,5-12,14,27H2,1-4H3,(H2,28,31,32). The Kier molecular flexibility index (Phi) is 8.42. The van der Waals surface area contributed by atoms with Gasteiger partial charge in [-0.2, -0.15) is 4.98 Å². The van der Waals surface area contributed by atoms with Crippen molar-refractivity contribution in [1.82, 2.24) is 29.5 Å². The molecule has 2 unspecified atom stereocenters. The molecule has 1 saturated heterocycles. The summed E-state index contributed by atoms with van der Waals surface area (Å²) in [6.07, 6.45) is 7.09. The third-order valence-corrected chi connectivity index (χ3v) is 7.09. The van der Waals surface area contributed by atoms with Gasteiger partial charge in [0.2, 0.25) is 5.91 Å². The van der Waals surface area contributed by atoms with Gasteiger partial charge in [-0.3, -0.25) is 4.79 Å². The maximum Gasteiger partial charge on any atom is 0.336 e. The molecular weight excluding hydrogens is 470 g/mol. The molecule has 3 aromatic heterocycles. The summed E-state index contributed by atoms with van der Waals surface area (Å²) in [7, 11) is 0. The molecule has 0 bridgehead atoms. The minimum atomic E-state index is -0.435. The molecule has 0 radical (unpaired) electrons. The van der Waals surface area contributed by atoms with Crippen LogP contribution in [0, 0.1) is 12.8 Å². The molecule has 200 valence electrons. The van der Waals surface area contributed by atoms with Crippen molar-refractivity contribution in [3.63, 3.8) is 0 Å². The number of carbonyl (C=O) groups is 1. The van der Waals surface area contributed by atoms with Crippen LogP contribution in [0.15, 0.2) is 18.5 Å². The summed E-state index contributed by atoms with van der Waals surface area (Å²) in [4.78, 5) is 30.3. The van der Waals surface area contributed by atoms with Crippen molar-refractivity contribution in [3.05, 3.63) is 35.3 Å². The van der Waals surface area contributed by atoms with Crippen molar-refractivity contribution in [2.75, 3.05) is 43.4 Å². The van der Waals surface area contributed by atoms with E-state index >= 15 is 0 Å². The van der Waals surface area contributed by atoms with Gasteiger partial charge in [0.05, 0.1) is 24.5 Å². The molecule has 1 aliphatic rings. The highest BCUT2D eigenvalue weighted by atomic mass is 16.5. The summed E-state index contributed by atoms with van der Waals surface area (Å²) < 4.78 is 7.37. The van der Waals surface area contributed by atoms with Crippen molar-refractivity contribution in [2.45, 2.75) is 59.4 Å². The summed E-state index contributed by atoms with van der Waals surface area (Å²) in [6.45, 7) is 11.6. The lowest BCUT2D eigenvalue weighted by atomic mass is 9.98. The number of nitrogens with two attached hydrogens (primary N) is 2. The quantitative estimate of drug-likeness (QED) is 0.393. The van der Waals surface area contributed by atoms with E-state index in [1.807, 2.05) is 18.0 Å². The van der Waals surface area contributed by atoms with Crippen LogP contribution in [0.4, 0.5) is 11.6 Å². The predicted molar refractivity (Wildman–Crippen MR) is 144 cm³/mol. The van der Waals surface area contributed by atoms with Gasteiger partial charge < -0.3 is 26.0 Å². The first kappa shape index (κ1) is 26.6. The fraction of sp³-hybridized carbons (Fsp3) is 0.577. The topological polar surface area (TPSA) is 141 Å². The summed E-state index contributed by atoms with van der Waals surface area (Å²) >= 11 is 0. The van der Waals surface area contributed by atoms with Crippen LogP contribution in [0.3, 0.4) is 0 Å². The number of hydrogen-bond donors (Lipinski definition) is 2. The summed E-state index contributed by atoms with van der Waals surface area (Å²) in [5, 5.41) is 4.50. The number of ether oxygens (including phenoxy) is 1. The molecule has 4 N–H and O–H groups in total. The van der Waals surface area contributed by atoms with E-state index in [1.54, 1.807) is 10.7 Å². The molecule has 1 aliphatic heterocycles. The van der Waals surface area contributed by atoms with Crippen molar-refractivity contribution in [1.29, 1.82) is 0 Å². The first-order valence-electron chi connectivity index (χ1n) is 13.2. The van der Waals surface area contributed by atoms with Crippen LogP contribution in [-0.2, 0) is 11.2 Å². The van der Waals surface area contributed by atoms with Gasteiger partial charge in [-0.1, -0.05) is 39.7 Å². The zero-order valence-electron chi connectivity index (χ0n) is 22.4. The van der Waals surface area contributed by atoms with Crippen molar-refractivity contribution < 1.29 is 9.53 Å². The molecule has 1 amide bonds. The fourth-order valence-corrected chi connectivity index (χ4v) is 4.53. The van der Waals surface area contributed by atoms with E-state index in [1.165, 1.54) is 0 Å². The Morgan fingerprint density at radius 2 is 1.92 bits per heavy atom. The van der Waals surface area contributed by atoms with E-state index in [0.717, 1.165) is 55.0 Å². The Hall–Kier alpha value is -3.47. The van der Waals surface area contributed by atoms with Gasteiger partial charge in [0, 0.05) is 38.8 Å². The van der Waals surface area contributed by atoms with Crippen LogP contribution in [0.25, 0.3) is 5.65 Å². The zero-order chi connectivity index (χ0) is 26.5. The van der Waals surface area contributed by atoms with Crippen LogP contribution in [0.5, 0.6) is 6.01 Å². The molecule has 4 heterocycles. The minimum absolute atomic E-state index is 0.0467. The third kappa shape index (κ3) is 5.93. The molecule has 0 aliphatic carbocycles. The van der Waals surface area contributed by atoms with Crippen LogP contribution in [-0.4, -0.2) is 74.2 Å². The van der Waals surface area contributed by atoms with E-state index in [2.05, 4.69) is 46.8 Å². The molecule has 0 aromatic carbocycles. The van der Waals surface area contributed by atoms with Crippen molar-refractivity contribution in [3.8, 4) is 6.01 Å². The Morgan fingerprint density at radius 3 is 2.59 bits per heavy atom. The number of nitrogen functional groups attached to an aromatic ring is 1. The number of pyridine rings is 1. The second-order valence-corrected chi connectivity index (χ2v) is 9.85. The fourth-order valence-electron chi connectivity index (χ4n) is 4.53. The maximum atomic E-state index is 12.7. The minimum Gasteiger partial charge on any atom is -0.462 e. The highest BCUT2D eigenvalue weighted by Gasteiger charge is 2.28. The number of fused-ring (bicyclic) bond motifs is 1. The maximum absolute atomic E-state index is 12.7. The number of hydrogen-bond acceptors (Lipinski definition) is 9. The average Bonchev–Trinajstić information content (AvgIpc) is 3.30. The summed E-state index contributed by atoms with van der Waals surface area (Å²) in [5.74, 6) is 1.46. The smallest absolute Gasteiger partial charge is 0.336 e. The lowest BCUT2D eigenvalue weighted by Crippen LogP contribution is -2.54. The van der Waals surface area contributed by atoms with Crippen molar-refractivity contribution in [2.24, 2.45) is 11.7 Å². The van der Waals surface area contributed by atoms with Gasteiger partial charge in [0.15, 0.2) is 11.5 Å². The van der Waals surface area contributed by atoms with Gasteiger partial charge >= 0.3 is 6.01 Å². The van der Waals surface area contributed by atoms with Gasteiger partial charge in [-0.15, -0.1) is 5.10 Å². The van der Waals surface area contributed by atoms with E-state index in [-0.39, 0.29) is 17.8 Å². The normalized spacial score (nSPS) is 15.7. The van der Waals surface area contributed by atoms with Gasteiger partial charge in [0.25, 0.3) is 0 Å². The average molecular weight is 510 g/mol. The second-order valence-electron chi connectivity index (χ2n) is 9.85. The van der Waals surface area contributed by atoms with Gasteiger partial charge in [0.1, 0.15) is 5.82 Å². The number of rotatable bonds is 10. The van der Waals surface area contributed by atoms with Crippen LogP contribution in [0.2, 0.25) is 0 Å². The van der Waals surface area contributed by atoms with Crippen molar-refractivity contribution >= 4 is 23.2 Å². The first-order valence-corrected chi connectivity index (χ1v) is 13.2. The number of nitrogens with zero attached hydrogens (tertiary/aromatic N) is 7. The predicted octanol–water partition coefficient (Wildman–Crippen LogP) is 2.20. The number of imidazole rings is 1. The summed E-state index contributed by atoms with van der Waals surface area (Å²) in [5.41, 5.74) is 15.8. The molecule has 2 atom stereocenters.